The van der Waals surface area contributed by atoms with E-state index in [-0.39, 0.29) is 12.1 Å². The average molecular weight is 237 g/mol. The molecule has 0 saturated heterocycles. The van der Waals surface area contributed by atoms with E-state index in [1.54, 1.807) is 0 Å². The molecule has 0 spiro atoms. The van der Waals surface area contributed by atoms with Crippen LogP contribution in [0.4, 0.5) is 5.69 Å². The number of carbonyl (C=O) groups is 1. The molecule has 1 aromatic carbocycles. The molecular weight excluding hydrogens is 216 g/mol. The topological polar surface area (TPSA) is 109 Å². The molecule has 1 aromatic rings. The standard InChI is InChI=1S/C12H20N4O/c1-2-11(17)10(13)7-8-3-5-9(6-4-8)16-12(14)15/h3-6,10,12,16H,2,7,13-15H2,1H3/p+1. The van der Waals surface area contributed by atoms with Crippen molar-refractivity contribution in [3.05, 3.63) is 29.8 Å². The first-order valence-corrected chi connectivity index (χ1v) is 5.75. The number of rotatable bonds is 6. The van der Waals surface area contributed by atoms with Gasteiger partial charge in [-0.3, -0.25) is 10.5 Å². The highest BCUT2D eigenvalue weighted by molar-refractivity contribution is 5.83. The Kier molecular flexibility index (Phi) is 5.09. The van der Waals surface area contributed by atoms with Gasteiger partial charge in [-0.1, -0.05) is 19.1 Å². The molecule has 0 aliphatic carbocycles. The van der Waals surface area contributed by atoms with Gasteiger partial charge in [0.2, 0.25) is 6.29 Å². The van der Waals surface area contributed by atoms with E-state index in [4.69, 9.17) is 11.5 Å². The smallest absolute Gasteiger partial charge is 0.213 e. The van der Waals surface area contributed by atoms with Gasteiger partial charge in [-0.15, -0.1) is 0 Å². The third-order valence-electron chi connectivity index (χ3n) is 2.52. The lowest BCUT2D eigenvalue weighted by atomic mass is 10.0. The zero-order valence-corrected chi connectivity index (χ0v) is 10.1. The normalized spacial score (nSPS) is 14.1. The Morgan fingerprint density at radius 3 is 2.41 bits per heavy atom. The third kappa shape index (κ3) is 4.52. The van der Waals surface area contributed by atoms with Gasteiger partial charge in [0.25, 0.3) is 0 Å². The number of nitrogens with one attached hydrogen (secondary N) is 1. The molecule has 0 aliphatic rings. The summed E-state index contributed by atoms with van der Waals surface area (Å²) in [6.45, 7) is 1.82. The second-order valence-corrected chi connectivity index (χ2v) is 4.08. The van der Waals surface area contributed by atoms with Gasteiger partial charge < -0.3 is 16.8 Å². The van der Waals surface area contributed by atoms with Crippen molar-refractivity contribution < 1.29 is 10.5 Å². The van der Waals surface area contributed by atoms with Gasteiger partial charge in [0.1, 0.15) is 5.78 Å². The minimum absolute atomic E-state index is 0.0898. The van der Waals surface area contributed by atoms with Crippen molar-refractivity contribution in [2.45, 2.75) is 32.1 Å². The van der Waals surface area contributed by atoms with Crippen LogP contribution in [0.1, 0.15) is 18.9 Å². The van der Waals surface area contributed by atoms with Gasteiger partial charge >= 0.3 is 0 Å². The molecule has 8 N–H and O–H groups in total. The fourth-order valence-electron chi connectivity index (χ4n) is 1.58. The molecule has 0 amide bonds. The predicted molar refractivity (Wildman–Crippen MR) is 67.9 cm³/mol. The van der Waals surface area contributed by atoms with Crippen molar-refractivity contribution in [3.8, 4) is 0 Å². The van der Waals surface area contributed by atoms with Crippen LogP contribution in [-0.2, 0) is 11.2 Å². The van der Waals surface area contributed by atoms with Gasteiger partial charge in [-0.05, 0) is 24.1 Å². The Bertz CT molecular complexity index is 361. The number of anilines is 1. The first-order valence-electron chi connectivity index (χ1n) is 5.75. The van der Waals surface area contributed by atoms with Gasteiger partial charge in [-0.2, -0.15) is 0 Å². The molecule has 0 radical (unpaired) electrons. The van der Waals surface area contributed by atoms with Crippen molar-refractivity contribution >= 4 is 11.5 Å². The molecule has 0 saturated carbocycles. The Morgan fingerprint density at radius 1 is 1.35 bits per heavy atom. The summed E-state index contributed by atoms with van der Waals surface area (Å²) < 4.78 is 0. The fraction of sp³-hybridized carbons (Fsp3) is 0.417. The van der Waals surface area contributed by atoms with Crippen LogP contribution >= 0.6 is 0 Å². The highest BCUT2D eigenvalue weighted by Crippen LogP contribution is 2.11. The minimum Gasteiger partial charge on any atom is -0.325 e. The lowest BCUT2D eigenvalue weighted by molar-refractivity contribution is -0.408. The van der Waals surface area contributed by atoms with Crippen LogP contribution in [0.2, 0.25) is 0 Å². The van der Waals surface area contributed by atoms with E-state index in [2.05, 4.69) is 11.1 Å². The van der Waals surface area contributed by atoms with E-state index in [0.717, 1.165) is 11.3 Å². The molecule has 0 aromatic heterocycles. The molecule has 17 heavy (non-hydrogen) atoms. The van der Waals surface area contributed by atoms with Gasteiger partial charge in [-0.25, -0.2) is 0 Å². The van der Waals surface area contributed by atoms with Gasteiger partial charge in [0.05, 0.1) is 6.04 Å². The first-order chi connectivity index (χ1) is 8.02. The average Bonchev–Trinajstić information content (AvgIpc) is 2.30. The number of benzene rings is 1. The predicted octanol–water partition coefficient (Wildman–Crippen LogP) is -0.568. The maximum Gasteiger partial charge on any atom is 0.213 e. The molecule has 0 fully saturated rings. The number of hydrogen-bond acceptors (Lipinski definition) is 4. The number of Topliss-reactive ketones (excluding diaryl/α,β-unsaturated/α-hetero) is 1. The molecule has 94 valence electrons. The zero-order chi connectivity index (χ0) is 12.8. The SMILES string of the molecule is CCC(=O)C(N)Cc1ccc(NC(N)[NH3+])cc1. The maximum atomic E-state index is 11.4. The number of nitrogens with two attached hydrogens (primary N) is 2. The van der Waals surface area contributed by atoms with E-state index in [0.29, 0.717) is 12.8 Å². The molecular formula is C12H21N4O+. The van der Waals surface area contributed by atoms with E-state index >= 15 is 0 Å². The summed E-state index contributed by atoms with van der Waals surface area (Å²) in [5.41, 5.74) is 16.9. The van der Waals surface area contributed by atoms with Crippen molar-refractivity contribution in [2.24, 2.45) is 11.5 Å². The lowest BCUT2D eigenvalue weighted by Gasteiger charge is -2.11. The van der Waals surface area contributed by atoms with Crippen LogP contribution in [-0.4, -0.2) is 18.1 Å². The van der Waals surface area contributed by atoms with Gasteiger partial charge in [0, 0.05) is 12.1 Å². The quantitative estimate of drug-likeness (QED) is 0.497. The molecule has 0 bridgehead atoms. The lowest BCUT2D eigenvalue weighted by Crippen LogP contribution is -2.70. The summed E-state index contributed by atoms with van der Waals surface area (Å²) in [6, 6.07) is 7.28. The maximum absolute atomic E-state index is 11.4. The summed E-state index contributed by atoms with van der Waals surface area (Å²) in [5, 5.41) is 2.99. The molecule has 2 unspecified atom stereocenters. The second-order valence-electron chi connectivity index (χ2n) is 4.08. The van der Waals surface area contributed by atoms with Crippen molar-refractivity contribution in [3.63, 3.8) is 0 Å². The Labute approximate surface area is 101 Å². The number of hydrogen-bond donors (Lipinski definition) is 4. The summed E-state index contributed by atoms with van der Waals surface area (Å²) in [4.78, 5) is 11.4. The Hall–Kier alpha value is -1.43. The monoisotopic (exact) mass is 237 g/mol. The minimum atomic E-state index is -0.408. The largest absolute Gasteiger partial charge is 0.325 e. The number of carbonyl (C=O) groups excluding carboxylic acids is 1. The second kappa shape index (κ2) is 6.34. The Balaban J connectivity index is 2.59. The molecule has 2 atom stereocenters. The molecule has 0 aliphatic heterocycles. The highest BCUT2D eigenvalue weighted by atomic mass is 16.1. The summed E-state index contributed by atoms with van der Waals surface area (Å²) in [5.74, 6) is 0.0898. The number of quaternary nitrogens is 1. The molecule has 5 heteroatoms. The van der Waals surface area contributed by atoms with Crippen LogP contribution in [0.3, 0.4) is 0 Å². The van der Waals surface area contributed by atoms with Crippen molar-refractivity contribution in [1.82, 2.24) is 0 Å². The summed E-state index contributed by atoms with van der Waals surface area (Å²) in [7, 11) is 0. The first kappa shape index (κ1) is 13.6. The summed E-state index contributed by atoms with van der Waals surface area (Å²) in [6.07, 6.45) is 0.727. The van der Waals surface area contributed by atoms with Crippen LogP contribution in [0.15, 0.2) is 24.3 Å². The fourth-order valence-corrected chi connectivity index (χ4v) is 1.58. The van der Waals surface area contributed by atoms with E-state index in [1.807, 2.05) is 31.2 Å². The van der Waals surface area contributed by atoms with E-state index in [1.165, 1.54) is 0 Å². The van der Waals surface area contributed by atoms with Gasteiger partial charge in [0.15, 0.2) is 0 Å². The number of ketones is 1. The molecule has 0 heterocycles. The third-order valence-corrected chi connectivity index (χ3v) is 2.52. The molecule has 1 rings (SSSR count). The Morgan fingerprint density at radius 2 is 1.94 bits per heavy atom. The van der Waals surface area contributed by atoms with E-state index < -0.39 is 6.04 Å². The highest BCUT2D eigenvalue weighted by Gasteiger charge is 2.11. The zero-order valence-electron chi connectivity index (χ0n) is 10.1. The van der Waals surface area contributed by atoms with Crippen LogP contribution in [0.5, 0.6) is 0 Å². The molecule has 5 nitrogen and oxygen atoms in total. The van der Waals surface area contributed by atoms with Crippen molar-refractivity contribution in [2.75, 3.05) is 5.32 Å². The summed E-state index contributed by atoms with van der Waals surface area (Å²) >= 11 is 0. The van der Waals surface area contributed by atoms with Crippen LogP contribution in [0, 0.1) is 0 Å². The van der Waals surface area contributed by atoms with Crippen molar-refractivity contribution in [1.29, 1.82) is 0 Å². The van der Waals surface area contributed by atoms with Crippen LogP contribution in [0.25, 0.3) is 0 Å². The van der Waals surface area contributed by atoms with E-state index in [9.17, 15) is 4.79 Å². The van der Waals surface area contributed by atoms with Crippen LogP contribution < -0.4 is 22.5 Å².